The lowest BCUT2D eigenvalue weighted by molar-refractivity contribution is -0.122. The largest absolute Gasteiger partial charge is 0.463 e. The smallest absolute Gasteiger partial charge is 0.291 e. The first-order valence-electron chi connectivity index (χ1n) is 11.0. The minimum Gasteiger partial charge on any atom is -0.463 e. The van der Waals surface area contributed by atoms with Crippen LogP contribution in [0.25, 0.3) is 16.6 Å². The van der Waals surface area contributed by atoms with E-state index in [0.717, 1.165) is 30.6 Å². The topological polar surface area (TPSA) is 81.5 Å². The molecule has 5 rings (SSSR count). The highest BCUT2D eigenvalue weighted by atomic mass is 16.3. The van der Waals surface area contributed by atoms with Gasteiger partial charge in [-0.2, -0.15) is 5.10 Å². The lowest BCUT2D eigenvalue weighted by Crippen LogP contribution is -2.31. The Morgan fingerprint density at radius 1 is 1.26 bits per heavy atom. The molecule has 1 aromatic carbocycles. The molecule has 0 bridgehead atoms. The van der Waals surface area contributed by atoms with Gasteiger partial charge in [0.1, 0.15) is 11.3 Å². The summed E-state index contributed by atoms with van der Waals surface area (Å²) in [6.07, 6.45) is 6.35. The van der Waals surface area contributed by atoms with Crippen molar-refractivity contribution < 1.29 is 9.21 Å². The van der Waals surface area contributed by atoms with Crippen molar-refractivity contribution in [3.63, 3.8) is 0 Å². The highest BCUT2D eigenvalue weighted by molar-refractivity contribution is 5.82. The van der Waals surface area contributed by atoms with Crippen molar-refractivity contribution in [3.05, 3.63) is 70.0 Å². The highest BCUT2D eigenvalue weighted by Crippen LogP contribution is 2.29. The van der Waals surface area contributed by atoms with Gasteiger partial charge in [-0.05, 0) is 36.8 Å². The summed E-state index contributed by atoms with van der Waals surface area (Å²) < 4.78 is 8.81. The maximum absolute atomic E-state index is 12.9. The van der Waals surface area contributed by atoms with Crippen molar-refractivity contribution in [2.45, 2.75) is 58.0 Å². The van der Waals surface area contributed by atoms with E-state index < -0.39 is 0 Å². The fourth-order valence-electron chi connectivity index (χ4n) is 4.66. The summed E-state index contributed by atoms with van der Waals surface area (Å²) in [4.78, 5) is 25.5. The number of benzene rings is 1. The predicted octanol–water partition coefficient (Wildman–Crippen LogP) is 3.78. The van der Waals surface area contributed by atoms with Crippen LogP contribution in [0.15, 0.2) is 51.9 Å². The molecule has 7 nitrogen and oxygen atoms in total. The zero-order valence-corrected chi connectivity index (χ0v) is 17.6. The first-order chi connectivity index (χ1) is 15.2. The SMILES string of the molecule is CCc1nn(CCCC(=O)N[C@@H]2CCCc3ccccc32)c(=O)c2cc3occc3n12. The first-order valence-corrected chi connectivity index (χ1v) is 11.0. The third kappa shape index (κ3) is 3.54. The standard InChI is InChI=1S/C24H26N4O3/c1-2-22-26-27(24(30)20-15-21-19(28(20)22)12-14-31-21)13-6-11-23(29)25-18-10-5-8-16-7-3-4-9-17(16)18/h3-4,7,9,12,14-15,18H,2,5-6,8,10-11,13H2,1H3,(H,25,29)/t18-/m1/s1. The summed E-state index contributed by atoms with van der Waals surface area (Å²) in [6.45, 7) is 2.42. The molecule has 3 aromatic heterocycles. The Hall–Kier alpha value is -3.35. The van der Waals surface area contributed by atoms with Gasteiger partial charge in [-0.3, -0.25) is 14.0 Å². The van der Waals surface area contributed by atoms with Crippen molar-refractivity contribution >= 4 is 22.5 Å². The second-order valence-corrected chi connectivity index (χ2v) is 8.15. The van der Waals surface area contributed by atoms with E-state index in [1.165, 1.54) is 15.8 Å². The van der Waals surface area contributed by atoms with Crippen LogP contribution in [0.1, 0.15) is 55.6 Å². The van der Waals surface area contributed by atoms with Crippen LogP contribution < -0.4 is 10.9 Å². The Morgan fingerprint density at radius 3 is 3.00 bits per heavy atom. The maximum atomic E-state index is 12.9. The van der Waals surface area contributed by atoms with Crippen molar-refractivity contribution in [1.82, 2.24) is 19.5 Å². The maximum Gasteiger partial charge on any atom is 0.291 e. The van der Waals surface area contributed by atoms with Crippen LogP contribution in [-0.4, -0.2) is 20.1 Å². The average Bonchev–Trinajstić information content (AvgIpc) is 3.38. The second kappa shape index (κ2) is 8.06. The van der Waals surface area contributed by atoms with Crippen molar-refractivity contribution in [1.29, 1.82) is 0 Å². The third-order valence-electron chi connectivity index (χ3n) is 6.17. The number of furan rings is 1. The van der Waals surface area contributed by atoms with Crippen LogP contribution in [0.2, 0.25) is 0 Å². The number of carbonyl (C=O) groups excluding carboxylic acids is 1. The second-order valence-electron chi connectivity index (χ2n) is 8.15. The number of carbonyl (C=O) groups is 1. The van der Waals surface area contributed by atoms with Gasteiger partial charge in [-0.25, -0.2) is 4.68 Å². The molecule has 1 amide bonds. The van der Waals surface area contributed by atoms with Crippen LogP contribution in [-0.2, 0) is 24.2 Å². The normalized spacial score (nSPS) is 16.0. The fourth-order valence-corrected chi connectivity index (χ4v) is 4.66. The highest BCUT2D eigenvalue weighted by Gasteiger charge is 2.21. The minimum atomic E-state index is -0.162. The zero-order chi connectivity index (χ0) is 21.4. The molecule has 4 aromatic rings. The number of nitrogens with zero attached hydrogens (tertiary/aromatic N) is 3. The van der Waals surface area contributed by atoms with E-state index >= 15 is 0 Å². The Bertz CT molecular complexity index is 1310. The van der Waals surface area contributed by atoms with E-state index in [-0.39, 0.29) is 17.5 Å². The van der Waals surface area contributed by atoms with Crippen LogP contribution in [0.4, 0.5) is 0 Å². The number of aryl methyl sites for hydroxylation is 3. The van der Waals surface area contributed by atoms with Crippen LogP contribution in [0, 0.1) is 0 Å². The third-order valence-corrected chi connectivity index (χ3v) is 6.17. The predicted molar refractivity (Wildman–Crippen MR) is 118 cm³/mol. The number of rotatable bonds is 6. The molecule has 1 atom stereocenters. The molecule has 0 fully saturated rings. The quantitative estimate of drug-likeness (QED) is 0.517. The van der Waals surface area contributed by atoms with E-state index in [2.05, 4.69) is 28.6 Å². The Labute approximate surface area is 179 Å². The first kappa shape index (κ1) is 19.6. The molecule has 160 valence electrons. The Morgan fingerprint density at radius 2 is 2.13 bits per heavy atom. The molecular formula is C24H26N4O3. The summed E-state index contributed by atoms with van der Waals surface area (Å²) in [6, 6.07) is 12.0. The van der Waals surface area contributed by atoms with Gasteiger partial charge in [0.15, 0.2) is 5.58 Å². The summed E-state index contributed by atoms with van der Waals surface area (Å²) in [5.41, 5.74) is 4.49. The van der Waals surface area contributed by atoms with Crippen LogP contribution in [0.3, 0.4) is 0 Å². The van der Waals surface area contributed by atoms with Gasteiger partial charge in [0.25, 0.3) is 5.56 Å². The van der Waals surface area contributed by atoms with E-state index in [1.807, 2.05) is 23.5 Å². The molecule has 1 aliphatic rings. The number of amides is 1. The molecule has 0 unspecified atom stereocenters. The van der Waals surface area contributed by atoms with Crippen molar-refractivity contribution in [3.8, 4) is 0 Å². The molecule has 0 radical (unpaired) electrons. The van der Waals surface area contributed by atoms with E-state index in [9.17, 15) is 9.59 Å². The van der Waals surface area contributed by atoms with Gasteiger partial charge >= 0.3 is 0 Å². The molecular weight excluding hydrogens is 392 g/mol. The van der Waals surface area contributed by atoms with Gasteiger partial charge in [0, 0.05) is 31.5 Å². The fraction of sp³-hybridized carbons (Fsp3) is 0.375. The van der Waals surface area contributed by atoms with E-state index in [1.54, 1.807) is 12.3 Å². The molecule has 7 heteroatoms. The monoisotopic (exact) mass is 418 g/mol. The summed E-state index contributed by atoms with van der Waals surface area (Å²) in [7, 11) is 0. The number of fused-ring (bicyclic) bond motifs is 4. The zero-order valence-electron chi connectivity index (χ0n) is 17.6. The number of hydrogen-bond donors (Lipinski definition) is 1. The summed E-state index contributed by atoms with van der Waals surface area (Å²) >= 11 is 0. The Kier molecular flexibility index (Phi) is 5.10. The van der Waals surface area contributed by atoms with Gasteiger partial charge in [0.05, 0.1) is 17.8 Å². The van der Waals surface area contributed by atoms with Crippen molar-refractivity contribution in [2.75, 3.05) is 0 Å². The van der Waals surface area contributed by atoms with Crippen LogP contribution >= 0.6 is 0 Å². The lowest BCUT2D eigenvalue weighted by Gasteiger charge is -2.26. The number of hydrogen-bond acceptors (Lipinski definition) is 4. The van der Waals surface area contributed by atoms with Gasteiger partial charge in [0.2, 0.25) is 5.91 Å². The van der Waals surface area contributed by atoms with Gasteiger partial charge in [-0.1, -0.05) is 31.2 Å². The number of nitrogens with one attached hydrogen (secondary N) is 1. The average molecular weight is 418 g/mol. The molecule has 31 heavy (non-hydrogen) atoms. The van der Waals surface area contributed by atoms with Crippen molar-refractivity contribution in [2.24, 2.45) is 0 Å². The van der Waals surface area contributed by atoms with E-state index in [4.69, 9.17) is 4.42 Å². The van der Waals surface area contributed by atoms with Gasteiger partial charge < -0.3 is 9.73 Å². The number of aromatic nitrogens is 3. The molecule has 0 aliphatic heterocycles. The molecule has 0 saturated heterocycles. The summed E-state index contributed by atoms with van der Waals surface area (Å²) in [5.74, 6) is 0.820. The lowest BCUT2D eigenvalue weighted by atomic mass is 9.87. The Balaban J connectivity index is 1.28. The molecule has 3 heterocycles. The molecule has 0 saturated carbocycles. The summed E-state index contributed by atoms with van der Waals surface area (Å²) in [5, 5.41) is 7.74. The molecule has 0 spiro atoms. The van der Waals surface area contributed by atoms with E-state index in [0.29, 0.717) is 36.9 Å². The molecule has 1 aliphatic carbocycles. The van der Waals surface area contributed by atoms with Crippen LogP contribution in [0.5, 0.6) is 0 Å². The molecule has 1 N–H and O–H groups in total. The minimum absolute atomic E-state index is 0.0201. The van der Waals surface area contributed by atoms with Gasteiger partial charge in [-0.15, -0.1) is 0 Å².